The van der Waals surface area contributed by atoms with Crippen LogP contribution in [-0.4, -0.2) is 26.3 Å². The van der Waals surface area contributed by atoms with Gasteiger partial charge >= 0.3 is 0 Å². The molecule has 114 valence electrons. The molecule has 2 heterocycles. The molecule has 6 heteroatoms. The number of hydrogen-bond donors (Lipinski definition) is 0. The molecule has 0 N–H and O–H groups in total. The van der Waals surface area contributed by atoms with E-state index in [1.54, 1.807) is 6.92 Å². The number of rotatable bonds is 4. The first-order valence-electron chi connectivity index (χ1n) is 6.85. The number of thioether (sulfide) groups is 1. The normalized spacial score (nSPS) is 11.9. The van der Waals surface area contributed by atoms with Gasteiger partial charge in [-0.2, -0.15) is 0 Å². The average molecular weight is 307 g/mol. The Morgan fingerprint density at radius 2 is 1.95 bits per heavy atom. The zero-order chi connectivity index (χ0) is 15.8. The highest BCUT2D eigenvalue weighted by molar-refractivity contribution is 7.99. The molecule has 0 saturated heterocycles. The van der Waals surface area contributed by atoms with Crippen LogP contribution in [-0.2, 0) is 5.54 Å². The Morgan fingerprint density at radius 1 is 1.29 bits per heavy atom. The van der Waals surface area contributed by atoms with E-state index < -0.39 is 0 Å². The molecule has 5 nitrogen and oxygen atoms in total. The van der Waals surface area contributed by atoms with Gasteiger partial charge < -0.3 is 8.98 Å². The van der Waals surface area contributed by atoms with Crippen LogP contribution in [0.15, 0.2) is 15.7 Å². The van der Waals surface area contributed by atoms with Gasteiger partial charge in [0.1, 0.15) is 0 Å². The summed E-state index contributed by atoms with van der Waals surface area (Å²) in [6, 6.07) is 1.96. The van der Waals surface area contributed by atoms with Crippen LogP contribution in [0.3, 0.4) is 0 Å². The van der Waals surface area contributed by atoms with Gasteiger partial charge in [-0.25, -0.2) is 0 Å². The molecule has 21 heavy (non-hydrogen) atoms. The summed E-state index contributed by atoms with van der Waals surface area (Å²) in [5.41, 5.74) is 2.84. The standard InChI is InChI=1S/C15H21N3O2S/c1-9-7-12(10(2)18(9)15(4,5)6)13(19)8-21-14-17-16-11(3)20-14/h7H,8H2,1-6H3. The summed E-state index contributed by atoms with van der Waals surface area (Å²) < 4.78 is 7.46. The summed E-state index contributed by atoms with van der Waals surface area (Å²) >= 11 is 1.28. The highest BCUT2D eigenvalue weighted by atomic mass is 32.2. The predicted octanol–water partition coefficient (Wildman–Crippen LogP) is 3.53. The minimum Gasteiger partial charge on any atom is -0.416 e. The third-order valence-electron chi connectivity index (χ3n) is 3.24. The number of carbonyl (C=O) groups is 1. The molecule has 0 saturated carbocycles. The molecule has 0 fully saturated rings. The van der Waals surface area contributed by atoms with Crippen molar-refractivity contribution in [2.75, 3.05) is 5.75 Å². The molecule has 0 unspecified atom stereocenters. The van der Waals surface area contributed by atoms with Gasteiger partial charge in [-0.15, -0.1) is 10.2 Å². The van der Waals surface area contributed by atoms with Crippen LogP contribution in [0.2, 0.25) is 0 Å². The number of aromatic nitrogens is 3. The average Bonchev–Trinajstić information content (AvgIpc) is 2.89. The maximum atomic E-state index is 12.4. The van der Waals surface area contributed by atoms with E-state index in [-0.39, 0.29) is 11.3 Å². The Kier molecular flexibility index (Phi) is 4.27. The quantitative estimate of drug-likeness (QED) is 0.639. The zero-order valence-electron chi connectivity index (χ0n) is 13.4. The Balaban J connectivity index is 2.17. The molecule has 0 spiro atoms. The molecule has 0 bridgehead atoms. The predicted molar refractivity (Wildman–Crippen MR) is 83.0 cm³/mol. The molecule has 0 atom stereocenters. The van der Waals surface area contributed by atoms with Gasteiger partial charge in [0.05, 0.1) is 5.75 Å². The second-order valence-corrected chi connectivity index (χ2v) is 7.02. The van der Waals surface area contributed by atoms with Crippen molar-refractivity contribution in [3.63, 3.8) is 0 Å². The minimum atomic E-state index is -0.0383. The first kappa shape index (κ1) is 15.8. The number of carbonyl (C=O) groups excluding carboxylic acids is 1. The largest absolute Gasteiger partial charge is 0.416 e. The Bertz CT molecular complexity index is 665. The topological polar surface area (TPSA) is 60.9 Å². The number of nitrogens with zero attached hydrogens (tertiary/aromatic N) is 3. The summed E-state index contributed by atoms with van der Waals surface area (Å²) in [5, 5.41) is 8.07. The van der Waals surface area contributed by atoms with Gasteiger partial charge in [0.2, 0.25) is 5.89 Å². The summed E-state index contributed by atoms with van der Waals surface area (Å²) in [6.07, 6.45) is 0. The van der Waals surface area contributed by atoms with Crippen molar-refractivity contribution in [1.82, 2.24) is 14.8 Å². The molecule has 2 aromatic rings. The lowest BCUT2D eigenvalue weighted by Crippen LogP contribution is -2.24. The lowest BCUT2D eigenvalue weighted by molar-refractivity contribution is 0.102. The molecule has 0 radical (unpaired) electrons. The highest BCUT2D eigenvalue weighted by Crippen LogP contribution is 2.26. The lowest BCUT2D eigenvalue weighted by atomic mass is 10.1. The first-order valence-corrected chi connectivity index (χ1v) is 7.84. The van der Waals surface area contributed by atoms with Gasteiger partial charge in [-0.3, -0.25) is 4.79 Å². The summed E-state index contributed by atoms with van der Waals surface area (Å²) in [5.74, 6) is 0.895. The summed E-state index contributed by atoms with van der Waals surface area (Å²) in [7, 11) is 0. The monoisotopic (exact) mass is 307 g/mol. The molecule has 2 rings (SSSR count). The Morgan fingerprint density at radius 3 is 2.43 bits per heavy atom. The third kappa shape index (κ3) is 3.37. The molecule has 0 aliphatic heterocycles. The van der Waals surface area contributed by atoms with Crippen LogP contribution >= 0.6 is 11.8 Å². The second-order valence-electron chi connectivity index (χ2n) is 6.09. The number of Topliss-reactive ketones (excluding diaryl/α,β-unsaturated/α-hetero) is 1. The van der Waals surface area contributed by atoms with Crippen LogP contribution in [0.25, 0.3) is 0 Å². The van der Waals surface area contributed by atoms with E-state index in [1.165, 1.54) is 11.8 Å². The van der Waals surface area contributed by atoms with Crippen molar-refractivity contribution >= 4 is 17.5 Å². The molecule has 0 aliphatic rings. The Labute approximate surface area is 129 Å². The zero-order valence-corrected chi connectivity index (χ0v) is 14.2. The van der Waals surface area contributed by atoms with Crippen LogP contribution < -0.4 is 0 Å². The Hall–Kier alpha value is -1.56. The van der Waals surface area contributed by atoms with Crippen molar-refractivity contribution in [3.8, 4) is 0 Å². The van der Waals surface area contributed by atoms with Crippen molar-refractivity contribution in [2.45, 2.75) is 52.3 Å². The highest BCUT2D eigenvalue weighted by Gasteiger charge is 2.23. The molecule has 2 aromatic heterocycles. The van der Waals surface area contributed by atoms with E-state index in [9.17, 15) is 4.79 Å². The van der Waals surface area contributed by atoms with Gasteiger partial charge in [0.15, 0.2) is 5.78 Å². The molecule has 0 aliphatic carbocycles. The summed E-state index contributed by atoms with van der Waals surface area (Å²) in [4.78, 5) is 12.4. The van der Waals surface area contributed by atoms with E-state index in [0.717, 1.165) is 17.0 Å². The maximum Gasteiger partial charge on any atom is 0.277 e. The van der Waals surface area contributed by atoms with Crippen LogP contribution in [0.5, 0.6) is 0 Å². The molecular weight excluding hydrogens is 286 g/mol. The van der Waals surface area contributed by atoms with Gasteiger partial charge in [-0.1, -0.05) is 11.8 Å². The van der Waals surface area contributed by atoms with Crippen molar-refractivity contribution < 1.29 is 9.21 Å². The first-order chi connectivity index (χ1) is 9.70. The third-order valence-corrected chi connectivity index (χ3v) is 4.06. The second kappa shape index (κ2) is 5.67. The van der Waals surface area contributed by atoms with Crippen molar-refractivity contribution in [2.24, 2.45) is 0 Å². The number of aryl methyl sites for hydroxylation is 2. The smallest absolute Gasteiger partial charge is 0.277 e. The van der Waals surface area contributed by atoms with Gasteiger partial charge in [0, 0.05) is 29.4 Å². The fourth-order valence-corrected chi connectivity index (χ4v) is 3.31. The fourth-order valence-electron chi connectivity index (χ4n) is 2.62. The molecule has 0 amide bonds. The van der Waals surface area contributed by atoms with E-state index in [1.807, 2.05) is 19.9 Å². The van der Waals surface area contributed by atoms with E-state index >= 15 is 0 Å². The van der Waals surface area contributed by atoms with Crippen LogP contribution in [0.1, 0.15) is 48.4 Å². The van der Waals surface area contributed by atoms with Crippen molar-refractivity contribution in [1.29, 1.82) is 0 Å². The molecular formula is C15H21N3O2S. The summed E-state index contributed by atoms with van der Waals surface area (Å²) in [6.45, 7) is 12.2. The van der Waals surface area contributed by atoms with Crippen LogP contribution in [0.4, 0.5) is 0 Å². The maximum absolute atomic E-state index is 12.4. The van der Waals surface area contributed by atoms with E-state index in [4.69, 9.17) is 4.42 Å². The van der Waals surface area contributed by atoms with Crippen molar-refractivity contribution in [3.05, 3.63) is 28.9 Å². The van der Waals surface area contributed by atoms with Gasteiger partial charge in [-0.05, 0) is 40.7 Å². The minimum absolute atomic E-state index is 0.0383. The SMILES string of the molecule is Cc1nnc(SCC(=O)c2cc(C)n(C(C)(C)C)c2C)o1. The fraction of sp³-hybridized carbons (Fsp3) is 0.533. The van der Waals surface area contributed by atoms with Gasteiger partial charge in [0.25, 0.3) is 5.22 Å². The van der Waals surface area contributed by atoms with E-state index in [2.05, 4.69) is 35.5 Å². The lowest BCUT2D eigenvalue weighted by Gasteiger charge is -2.25. The van der Waals surface area contributed by atoms with E-state index in [0.29, 0.717) is 16.9 Å². The number of hydrogen-bond acceptors (Lipinski definition) is 5. The molecule has 0 aromatic carbocycles. The number of ketones is 1. The van der Waals surface area contributed by atoms with Crippen LogP contribution in [0, 0.1) is 20.8 Å².